The fourth-order valence-corrected chi connectivity index (χ4v) is 5.24. The minimum Gasteiger partial charge on any atom is -0.492 e. The Balaban J connectivity index is 1.33. The first-order valence-corrected chi connectivity index (χ1v) is 14.0. The van der Waals surface area contributed by atoms with Crippen LogP contribution in [0, 0.1) is 6.92 Å². The first-order valence-electron chi connectivity index (χ1n) is 14.0. The number of carbonyl (C=O) groups excluding carboxylic acids is 1. The van der Waals surface area contributed by atoms with Gasteiger partial charge in [-0.2, -0.15) is 13.2 Å². The number of aryl methyl sites for hydroxylation is 1. The minimum absolute atomic E-state index is 0.00173. The van der Waals surface area contributed by atoms with E-state index in [2.05, 4.69) is 25.2 Å². The van der Waals surface area contributed by atoms with Crippen molar-refractivity contribution >= 4 is 11.6 Å². The third-order valence-corrected chi connectivity index (χ3v) is 7.57. The van der Waals surface area contributed by atoms with E-state index in [4.69, 9.17) is 4.74 Å². The number of hydrogen-bond acceptors (Lipinski definition) is 7. The SMILES string of the molecule is Cc1ccc(C(=O)Nc2cc(OCCN3CCC[C@H]3CO)cc(C(F)(F)F)c2)cc1Cc1ncccc1-c1ccncn1. The van der Waals surface area contributed by atoms with Crippen LogP contribution in [-0.4, -0.2) is 63.2 Å². The fraction of sp³-hybridized carbons (Fsp3) is 0.312. The van der Waals surface area contributed by atoms with E-state index < -0.39 is 17.6 Å². The van der Waals surface area contributed by atoms with E-state index in [1.54, 1.807) is 36.7 Å². The molecule has 43 heavy (non-hydrogen) atoms. The predicted molar refractivity (Wildman–Crippen MR) is 156 cm³/mol. The molecule has 1 saturated heterocycles. The van der Waals surface area contributed by atoms with Gasteiger partial charge in [-0.15, -0.1) is 0 Å². The lowest BCUT2D eigenvalue weighted by atomic mass is 9.97. The molecule has 5 rings (SSSR count). The van der Waals surface area contributed by atoms with Gasteiger partial charge in [-0.3, -0.25) is 14.7 Å². The van der Waals surface area contributed by atoms with Crippen LogP contribution in [0.5, 0.6) is 5.75 Å². The van der Waals surface area contributed by atoms with Crippen LogP contribution >= 0.6 is 0 Å². The van der Waals surface area contributed by atoms with Crippen molar-refractivity contribution in [2.45, 2.75) is 38.4 Å². The molecule has 1 aliphatic rings. The van der Waals surface area contributed by atoms with Gasteiger partial charge in [-0.25, -0.2) is 9.97 Å². The number of aliphatic hydroxyl groups excluding tert-OH is 1. The molecular formula is C32H32F3N5O3. The lowest BCUT2D eigenvalue weighted by Crippen LogP contribution is -2.35. The summed E-state index contributed by atoms with van der Waals surface area (Å²) in [6, 6.07) is 13.9. The monoisotopic (exact) mass is 591 g/mol. The Labute approximate surface area is 247 Å². The van der Waals surface area contributed by atoms with Gasteiger partial charge < -0.3 is 15.2 Å². The molecule has 0 radical (unpaired) electrons. The van der Waals surface area contributed by atoms with Gasteiger partial charge in [0.25, 0.3) is 5.91 Å². The van der Waals surface area contributed by atoms with Crippen LogP contribution in [0.4, 0.5) is 18.9 Å². The number of nitrogens with zero attached hydrogens (tertiary/aromatic N) is 4. The number of benzene rings is 2. The number of aromatic nitrogens is 3. The molecule has 1 fully saturated rings. The quantitative estimate of drug-likeness (QED) is 0.250. The van der Waals surface area contributed by atoms with Gasteiger partial charge in [0.15, 0.2) is 0 Å². The van der Waals surface area contributed by atoms with Crippen molar-refractivity contribution in [2.75, 3.05) is 31.6 Å². The molecule has 1 amide bonds. The Morgan fingerprint density at radius 3 is 2.74 bits per heavy atom. The van der Waals surface area contributed by atoms with E-state index in [1.165, 1.54) is 12.4 Å². The molecule has 3 heterocycles. The van der Waals surface area contributed by atoms with Crippen LogP contribution in [0.3, 0.4) is 0 Å². The second-order valence-electron chi connectivity index (χ2n) is 10.5. The Morgan fingerprint density at radius 1 is 1.12 bits per heavy atom. The van der Waals surface area contributed by atoms with Crippen LogP contribution in [-0.2, 0) is 12.6 Å². The number of likely N-dealkylation sites (tertiary alicyclic amines) is 1. The van der Waals surface area contributed by atoms with Crippen molar-refractivity contribution < 1.29 is 27.8 Å². The zero-order valence-electron chi connectivity index (χ0n) is 23.6. The van der Waals surface area contributed by atoms with Gasteiger partial charge in [0, 0.05) is 54.3 Å². The summed E-state index contributed by atoms with van der Waals surface area (Å²) >= 11 is 0. The zero-order chi connectivity index (χ0) is 30.4. The number of hydrogen-bond donors (Lipinski definition) is 2. The van der Waals surface area contributed by atoms with E-state index in [9.17, 15) is 23.1 Å². The highest BCUT2D eigenvalue weighted by molar-refractivity contribution is 6.04. The first kappa shape index (κ1) is 30.1. The van der Waals surface area contributed by atoms with Crippen LogP contribution in [0.15, 0.2) is 73.3 Å². The van der Waals surface area contributed by atoms with Gasteiger partial charge in [-0.1, -0.05) is 6.07 Å². The molecule has 0 aliphatic carbocycles. The molecule has 1 atom stereocenters. The Bertz CT molecular complexity index is 1570. The molecule has 2 aromatic heterocycles. The third kappa shape index (κ3) is 7.54. The first-order chi connectivity index (χ1) is 20.7. The molecule has 0 saturated carbocycles. The second kappa shape index (κ2) is 13.3. The predicted octanol–water partition coefficient (Wildman–Crippen LogP) is 5.54. The van der Waals surface area contributed by atoms with Crippen molar-refractivity contribution in [1.82, 2.24) is 19.9 Å². The number of carbonyl (C=O) groups is 1. The molecule has 0 spiro atoms. The summed E-state index contributed by atoms with van der Waals surface area (Å²) in [5, 5.41) is 12.1. The minimum atomic E-state index is -4.63. The highest BCUT2D eigenvalue weighted by Crippen LogP contribution is 2.34. The lowest BCUT2D eigenvalue weighted by Gasteiger charge is -2.22. The number of anilines is 1. The number of aliphatic hydroxyl groups is 1. The Kier molecular flexibility index (Phi) is 9.32. The van der Waals surface area contributed by atoms with Gasteiger partial charge in [0.2, 0.25) is 0 Å². The summed E-state index contributed by atoms with van der Waals surface area (Å²) in [6.45, 7) is 3.39. The van der Waals surface area contributed by atoms with Crippen molar-refractivity contribution in [3.8, 4) is 17.0 Å². The number of amides is 1. The number of rotatable bonds is 10. The Hall–Kier alpha value is -4.35. The van der Waals surface area contributed by atoms with Crippen LogP contribution in [0.2, 0.25) is 0 Å². The maximum absolute atomic E-state index is 13.7. The van der Waals surface area contributed by atoms with E-state index in [0.717, 1.165) is 59.6 Å². The molecule has 1 aliphatic heterocycles. The molecule has 0 bridgehead atoms. The van der Waals surface area contributed by atoms with E-state index in [1.807, 2.05) is 19.1 Å². The maximum atomic E-state index is 13.7. The molecule has 224 valence electrons. The third-order valence-electron chi connectivity index (χ3n) is 7.57. The molecule has 2 aromatic carbocycles. The molecule has 8 nitrogen and oxygen atoms in total. The summed E-state index contributed by atoms with van der Waals surface area (Å²) in [6.07, 6.45) is 2.43. The summed E-state index contributed by atoms with van der Waals surface area (Å²) in [7, 11) is 0. The second-order valence-corrected chi connectivity index (χ2v) is 10.5. The fourth-order valence-electron chi connectivity index (χ4n) is 5.24. The number of alkyl halides is 3. The molecule has 0 unspecified atom stereocenters. The standard InChI is InChI=1S/C32H32F3N5O3/c1-21-6-7-22(14-23(21)15-30-28(5-2-9-37-30)29-8-10-36-20-38-29)31(42)39-25-16-24(32(33,34)35)17-27(18-25)43-13-12-40-11-3-4-26(40)19-41/h2,5-10,14,16-18,20,26,41H,3-4,11-13,15,19H2,1H3,(H,39,42)/t26-/m0/s1. The van der Waals surface area contributed by atoms with Gasteiger partial charge in [-0.05, 0) is 79.9 Å². The van der Waals surface area contributed by atoms with Crippen LogP contribution in [0.1, 0.15) is 45.6 Å². The zero-order valence-corrected chi connectivity index (χ0v) is 23.6. The molecule has 11 heteroatoms. The highest BCUT2D eigenvalue weighted by atomic mass is 19.4. The summed E-state index contributed by atoms with van der Waals surface area (Å²) in [4.78, 5) is 28.1. The van der Waals surface area contributed by atoms with Crippen LogP contribution < -0.4 is 10.1 Å². The van der Waals surface area contributed by atoms with Gasteiger partial charge in [0.05, 0.1) is 23.6 Å². The molecule has 2 N–H and O–H groups in total. The number of ether oxygens (including phenoxy) is 1. The van der Waals surface area contributed by atoms with E-state index in [0.29, 0.717) is 18.5 Å². The average molecular weight is 592 g/mol. The van der Waals surface area contributed by atoms with Crippen molar-refractivity contribution in [3.63, 3.8) is 0 Å². The van der Waals surface area contributed by atoms with Crippen molar-refractivity contribution in [2.24, 2.45) is 0 Å². The van der Waals surface area contributed by atoms with E-state index >= 15 is 0 Å². The normalized spacial score (nSPS) is 15.4. The molecular weight excluding hydrogens is 559 g/mol. The van der Waals surface area contributed by atoms with Crippen molar-refractivity contribution in [3.05, 3.63) is 101 Å². The topological polar surface area (TPSA) is 100 Å². The lowest BCUT2D eigenvalue weighted by molar-refractivity contribution is -0.137. The number of pyridine rings is 1. The average Bonchev–Trinajstić information content (AvgIpc) is 3.46. The Morgan fingerprint density at radius 2 is 1.98 bits per heavy atom. The van der Waals surface area contributed by atoms with Gasteiger partial charge in [0.1, 0.15) is 18.7 Å². The summed E-state index contributed by atoms with van der Waals surface area (Å²) in [5.74, 6) is -0.548. The van der Waals surface area contributed by atoms with Gasteiger partial charge >= 0.3 is 6.18 Å². The number of halogens is 3. The smallest absolute Gasteiger partial charge is 0.416 e. The van der Waals surface area contributed by atoms with Crippen molar-refractivity contribution in [1.29, 1.82) is 0 Å². The van der Waals surface area contributed by atoms with E-state index in [-0.39, 0.29) is 30.7 Å². The van der Waals surface area contributed by atoms with Crippen LogP contribution in [0.25, 0.3) is 11.3 Å². The largest absolute Gasteiger partial charge is 0.492 e. The maximum Gasteiger partial charge on any atom is 0.416 e. The number of nitrogens with one attached hydrogen (secondary N) is 1. The summed E-state index contributed by atoms with van der Waals surface area (Å²) < 4.78 is 46.8. The highest BCUT2D eigenvalue weighted by Gasteiger charge is 2.32. The molecule has 4 aromatic rings. The summed E-state index contributed by atoms with van der Waals surface area (Å²) in [5.41, 5.74) is 3.46.